The van der Waals surface area contributed by atoms with Gasteiger partial charge in [-0.05, 0) is 30.3 Å². The summed E-state index contributed by atoms with van der Waals surface area (Å²) in [5.41, 5.74) is 1.66. The molecule has 0 radical (unpaired) electrons. The lowest BCUT2D eigenvalue weighted by Crippen LogP contribution is -2.38. The molecule has 0 aliphatic carbocycles. The van der Waals surface area contributed by atoms with Crippen LogP contribution in [0.15, 0.2) is 48.5 Å². The number of carbonyl (C=O) groups is 2. The summed E-state index contributed by atoms with van der Waals surface area (Å²) in [6, 6.07) is 14.1. The Morgan fingerprint density at radius 1 is 1.07 bits per heavy atom. The van der Waals surface area contributed by atoms with Crippen molar-refractivity contribution < 1.29 is 19.1 Å². The first-order valence-corrected chi connectivity index (χ1v) is 9.30. The maximum Gasteiger partial charge on any atom is 0.255 e. The Labute approximate surface area is 164 Å². The molecule has 0 bridgehead atoms. The lowest BCUT2D eigenvalue weighted by Gasteiger charge is -2.26. The molecule has 1 saturated heterocycles. The Balaban J connectivity index is 1.61. The molecule has 2 aromatic carbocycles. The van der Waals surface area contributed by atoms with E-state index in [4.69, 9.17) is 9.47 Å². The summed E-state index contributed by atoms with van der Waals surface area (Å²) in [6.07, 6.45) is 0.401. The molecular formula is C21H25N3O4. The van der Waals surface area contributed by atoms with E-state index in [1.54, 1.807) is 42.5 Å². The second-order valence-electron chi connectivity index (χ2n) is 6.49. The van der Waals surface area contributed by atoms with Gasteiger partial charge in [-0.3, -0.25) is 14.5 Å². The summed E-state index contributed by atoms with van der Waals surface area (Å²) in [7, 11) is 1.54. The summed E-state index contributed by atoms with van der Waals surface area (Å²) in [5, 5.41) is 5.72. The van der Waals surface area contributed by atoms with E-state index in [-0.39, 0.29) is 11.8 Å². The second kappa shape index (κ2) is 9.87. The molecule has 0 atom stereocenters. The molecule has 148 valence electrons. The van der Waals surface area contributed by atoms with Gasteiger partial charge in [-0.1, -0.05) is 18.2 Å². The van der Waals surface area contributed by atoms with E-state index in [9.17, 15) is 9.59 Å². The molecule has 1 aliphatic heterocycles. The van der Waals surface area contributed by atoms with Crippen molar-refractivity contribution in [3.8, 4) is 5.75 Å². The van der Waals surface area contributed by atoms with Crippen molar-refractivity contribution in [2.75, 3.05) is 50.6 Å². The van der Waals surface area contributed by atoms with Gasteiger partial charge in [-0.25, -0.2) is 0 Å². The van der Waals surface area contributed by atoms with E-state index in [0.29, 0.717) is 48.9 Å². The standard InChI is InChI=1S/C21H25N3O4/c1-27-19-8-7-17(22-20(25)9-10-24-11-13-28-14-12-24)15-18(19)23-21(26)16-5-3-2-4-6-16/h2-8,15H,9-14H2,1H3,(H,22,25)(H,23,26). The normalized spacial score (nSPS) is 14.3. The van der Waals surface area contributed by atoms with Crippen molar-refractivity contribution in [1.82, 2.24) is 4.90 Å². The highest BCUT2D eigenvalue weighted by molar-refractivity contribution is 6.05. The predicted molar refractivity (Wildman–Crippen MR) is 108 cm³/mol. The molecule has 1 aliphatic rings. The Bertz CT molecular complexity index is 805. The Hall–Kier alpha value is -2.90. The third-order valence-corrected chi connectivity index (χ3v) is 4.53. The van der Waals surface area contributed by atoms with Crippen molar-refractivity contribution >= 4 is 23.2 Å². The largest absolute Gasteiger partial charge is 0.495 e. The Morgan fingerprint density at radius 2 is 1.82 bits per heavy atom. The minimum absolute atomic E-state index is 0.0722. The van der Waals surface area contributed by atoms with Gasteiger partial charge < -0.3 is 20.1 Å². The SMILES string of the molecule is COc1ccc(NC(=O)CCN2CCOCC2)cc1NC(=O)c1ccccc1. The fourth-order valence-electron chi connectivity index (χ4n) is 2.98. The van der Waals surface area contributed by atoms with E-state index >= 15 is 0 Å². The fraction of sp³-hybridized carbons (Fsp3) is 0.333. The summed E-state index contributed by atoms with van der Waals surface area (Å²) in [6.45, 7) is 3.83. The Kier molecular flexibility index (Phi) is 7.00. The highest BCUT2D eigenvalue weighted by atomic mass is 16.5. The molecule has 0 unspecified atom stereocenters. The fourth-order valence-corrected chi connectivity index (χ4v) is 2.98. The van der Waals surface area contributed by atoms with Crippen molar-refractivity contribution in [1.29, 1.82) is 0 Å². The second-order valence-corrected chi connectivity index (χ2v) is 6.49. The Morgan fingerprint density at radius 3 is 2.54 bits per heavy atom. The molecule has 0 aromatic heterocycles. The maximum atomic E-state index is 12.4. The van der Waals surface area contributed by atoms with E-state index in [1.165, 1.54) is 7.11 Å². The van der Waals surface area contributed by atoms with Crippen LogP contribution in [-0.2, 0) is 9.53 Å². The van der Waals surface area contributed by atoms with Crippen LogP contribution in [0, 0.1) is 0 Å². The van der Waals surface area contributed by atoms with Gasteiger partial charge in [0.1, 0.15) is 5.75 Å². The number of benzene rings is 2. The molecule has 2 N–H and O–H groups in total. The van der Waals surface area contributed by atoms with Crippen LogP contribution in [0.4, 0.5) is 11.4 Å². The molecule has 1 heterocycles. The number of rotatable bonds is 7. The summed E-state index contributed by atoms with van der Waals surface area (Å²) in [4.78, 5) is 26.9. The molecule has 0 saturated carbocycles. The van der Waals surface area contributed by atoms with E-state index in [2.05, 4.69) is 15.5 Å². The average molecular weight is 383 g/mol. The zero-order valence-corrected chi connectivity index (χ0v) is 15.9. The topological polar surface area (TPSA) is 79.9 Å². The van der Waals surface area contributed by atoms with E-state index < -0.39 is 0 Å². The zero-order chi connectivity index (χ0) is 19.8. The van der Waals surface area contributed by atoms with Gasteiger partial charge in [-0.2, -0.15) is 0 Å². The number of morpholine rings is 1. The molecule has 7 nitrogen and oxygen atoms in total. The lowest BCUT2D eigenvalue weighted by atomic mass is 10.2. The van der Waals surface area contributed by atoms with Crippen LogP contribution in [0.1, 0.15) is 16.8 Å². The first-order chi connectivity index (χ1) is 13.7. The third-order valence-electron chi connectivity index (χ3n) is 4.53. The predicted octanol–water partition coefficient (Wildman–Crippen LogP) is 2.61. The minimum Gasteiger partial charge on any atom is -0.495 e. The quantitative estimate of drug-likeness (QED) is 0.768. The monoisotopic (exact) mass is 383 g/mol. The molecular weight excluding hydrogens is 358 g/mol. The van der Waals surface area contributed by atoms with Crippen molar-refractivity contribution in [2.45, 2.75) is 6.42 Å². The van der Waals surface area contributed by atoms with E-state index in [1.807, 2.05) is 6.07 Å². The molecule has 0 spiro atoms. The number of ether oxygens (including phenoxy) is 2. The first kappa shape index (κ1) is 19.9. The van der Waals surface area contributed by atoms with Crippen LogP contribution < -0.4 is 15.4 Å². The number of carbonyl (C=O) groups excluding carboxylic acids is 2. The van der Waals surface area contributed by atoms with Crippen LogP contribution in [0.2, 0.25) is 0 Å². The number of hydrogen-bond acceptors (Lipinski definition) is 5. The minimum atomic E-state index is -0.241. The maximum absolute atomic E-state index is 12.4. The molecule has 2 aromatic rings. The number of amides is 2. The smallest absolute Gasteiger partial charge is 0.255 e. The van der Waals surface area contributed by atoms with Crippen LogP contribution >= 0.6 is 0 Å². The zero-order valence-electron chi connectivity index (χ0n) is 15.9. The summed E-state index contributed by atoms with van der Waals surface area (Å²) >= 11 is 0. The molecule has 3 rings (SSSR count). The van der Waals surface area contributed by atoms with Gasteiger partial charge in [0.15, 0.2) is 0 Å². The third kappa shape index (κ3) is 5.55. The van der Waals surface area contributed by atoms with Crippen molar-refractivity contribution in [3.05, 3.63) is 54.1 Å². The van der Waals surface area contributed by atoms with Gasteiger partial charge in [0.2, 0.25) is 5.91 Å². The summed E-state index contributed by atoms with van der Waals surface area (Å²) < 4.78 is 10.6. The highest BCUT2D eigenvalue weighted by Gasteiger charge is 2.14. The number of nitrogens with zero attached hydrogens (tertiary/aromatic N) is 1. The van der Waals surface area contributed by atoms with Gasteiger partial charge in [0, 0.05) is 37.3 Å². The average Bonchev–Trinajstić information content (AvgIpc) is 2.74. The van der Waals surface area contributed by atoms with Crippen molar-refractivity contribution in [3.63, 3.8) is 0 Å². The first-order valence-electron chi connectivity index (χ1n) is 9.30. The molecule has 1 fully saturated rings. The van der Waals surface area contributed by atoms with Gasteiger partial charge in [-0.15, -0.1) is 0 Å². The van der Waals surface area contributed by atoms with Crippen LogP contribution in [0.5, 0.6) is 5.75 Å². The van der Waals surface area contributed by atoms with Gasteiger partial charge >= 0.3 is 0 Å². The van der Waals surface area contributed by atoms with E-state index in [0.717, 1.165) is 13.1 Å². The molecule has 28 heavy (non-hydrogen) atoms. The molecule has 7 heteroatoms. The van der Waals surface area contributed by atoms with Crippen LogP contribution in [0.3, 0.4) is 0 Å². The summed E-state index contributed by atoms with van der Waals surface area (Å²) in [5.74, 6) is 0.210. The number of nitrogens with one attached hydrogen (secondary N) is 2. The lowest BCUT2D eigenvalue weighted by molar-refractivity contribution is -0.116. The highest BCUT2D eigenvalue weighted by Crippen LogP contribution is 2.28. The van der Waals surface area contributed by atoms with Crippen molar-refractivity contribution in [2.24, 2.45) is 0 Å². The number of methoxy groups -OCH3 is 1. The molecule has 2 amide bonds. The van der Waals surface area contributed by atoms with Gasteiger partial charge in [0.25, 0.3) is 5.91 Å². The number of anilines is 2. The van der Waals surface area contributed by atoms with Crippen LogP contribution in [-0.4, -0.2) is 56.7 Å². The number of hydrogen-bond donors (Lipinski definition) is 2. The van der Waals surface area contributed by atoms with Crippen LogP contribution in [0.25, 0.3) is 0 Å². The van der Waals surface area contributed by atoms with Gasteiger partial charge in [0.05, 0.1) is 26.0 Å².